The lowest BCUT2D eigenvalue weighted by Crippen LogP contribution is -1.82. The second-order valence-electron chi connectivity index (χ2n) is 6.17. The number of aromatic nitrogens is 2. The topological polar surface area (TPSA) is 28.7 Å². The van der Waals surface area contributed by atoms with Gasteiger partial charge in [0, 0.05) is 29.8 Å². The van der Waals surface area contributed by atoms with Crippen molar-refractivity contribution in [1.29, 1.82) is 0 Å². The Bertz CT molecular complexity index is 1240. The van der Waals surface area contributed by atoms with Crippen molar-refractivity contribution in [3.63, 3.8) is 0 Å². The molecule has 0 saturated heterocycles. The van der Waals surface area contributed by atoms with Gasteiger partial charge in [-0.3, -0.25) is 0 Å². The molecule has 0 amide bonds. The molecule has 0 saturated carbocycles. The van der Waals surface area contributed by atoms with Crippen molar-refractivity contribution in [3.05, 3.63) is 74.1 Å². The van der Waals surface area contributed by atoms with Gasteiger partial charge in [0.1, 0.15) is 5.82 Å². The van der Waals surface area contributed by atoms with E-state index < -0.39 is 0 Å². The fraction of sp³-hybridized carbons (Fsp3) is 0. The van der Waals surface area contributed by atoms with Gasteiger partial charge in [-0.15, -0.1) is 0 Å². The Morgan fingerprint density at radius 2 is 1.35 bits per heavy atom. The van der Waals surface area contributed by atoms with E-state index in [0.29, 0.717) is 0 Å². The molecule has 0 unspecified atom stereocenters. The Kier molecular flexibility index (Phi) is 3.92. The lowest BCUT2D eigenvalue weighted by atomic mass is 10.0. The number of hydrogen-bond donors (Lipinski definition) is 1. The molecule has 0 radical (unpaired) electrons. The molecule has 1 aromatic heterocycles. The number of halogens is 3. The summed E-state index contributed by atoms with van der Waals surface area (Å²) in [4.78, 5) is 8.52. The van der Waals surface area contributed by atoms with Crippen LogP contribution in [0.4, 0.5) is 0 Å². The summed E-state index contributed by atoms with van der Waals surface area (Å²) < 4.78 is 3.15. The average Bonchev–Trinajstić information content (AvgIpc) is 3.07. The number of imidazole rings is 1. The highest BCUT2D eigenvalue weighted by Crippen LogP contribution is 2.38. The summed E-state index contributed by atoms with van der Waals surface area (Å²) in [5.41, 5.74) is 3.11. The van der Waals surface area contributed by atoms with Gasteiger partial charge in [0.15, 0.2) is 0 Å². The van der Waals surface area contributed by atoms with Crippen LogP contribution < -0.4 is 0 Å². The largest absolute Gasteiger partial charge is 0.337 e. The van der Waals surface area contributed by atoms with Crippen LogP contribution >= 0.6 is 47.8 Å². The van der Waals surface area contributed by atoms with Crippen LogP contribution in [-0.2, 0) is 0 Å². The first-order chi connectivity index (χ1) is 12.6. The van der Waals surface area contributed by atoms with Crippen molar-refractivity contribution < 1.29 is 0 Å². The number of nitrogens with one attached hydrogen (secondary N) is 1. The van der Waals surface area contributed by atoms with Gasteiger partial charge < -0.3 is 4.98 Å². The summed E-state index contributed by atoms with van der Waals surface area (Å²) in [6.07, 6.45) is 0. The molecule has 0 aliphatic rings. The van der Waals surface area contributed by atoms with Gasteiger partial charge in [-0.25, -0.2) is 4.98 Å². The molecule has 0 bridgehead atoms. The maximum atomic E-state index is 4.96. The van der Waals surface area contributed by atoms with Gasteiger partial charge >= 0.3 is 0 Å². The van der Waals surface area contributed by atoms with E-state index in [1.807, 2.05) is 18.2 Å². The highest BCUT2D eigenvalue weighted by Gasteiger charge is 2.15. The predicted octanol–water partition coefficient (Wildman–Crippen LogP) is 7.82. The standard InChI is InChI=1S/C21H11Br3N2/c22-11-5-7-13-16(9-11)17-10-12(23)6-8-14(17)20-19(13)25-21(26-20)15-3-1-2-4-18(15)24/h1-10H,(H,25,26). The molecule has 0 atom stereocenters. The third-order valence-corrected chi connectivity index (χ3v) is 6.29. The van der Waals surface area contributed by atoms with E-state index in [1.54, 1.807) is 0 Å². The fourth-order valence-electron chi connectivity index (χ4n) is 3.45. The van der Waals surface area contributed by atoms with E-state index in [1.165, 1.54) is 16.2 Å². The smallest absolute Gasteiger partial charge is 0.139 e. The number of rotatable bonds is 1. The lowest BCUT2D eigenvalue weighted by Gasteiger charge is -2.07. The molecule has 26 heavy (non-hydrogen) atoms. The number of hydrogen-bond acceptors (Lipinski definition) is 1. The molecule has 5 rings (SSSR count). The molecule has 0 aliphatic carbocycles. The normalized spacial score (nSPS) is 11.7. The van der Waals surface area contributed by atoms with E-state index in [9.17, 15) is 0 Å². The number of nitrogens with zero attached hydrogens (tertiary/aromatic N) is 1. The fourth-order valence-corrected chi connectivity index (χ4v) is 4.64. The van der Waals surface area contributed by atoms with Crippen LogP contribution in [-0.4, -0.2) is 9.97 Å². The maximum Gasteiger partial charge on any atom is 0.139 e. The summed E-state index contributed by atoms with van der Waals surface area (Å²) in [6.45, 7) is 0. The number of H-pyrrole nitrogens is 1. The van der Waals surface area contributed by atoms with E-state index in [-0.39, 0.29) is 0 Å². The van der Waals surface area contributed by atoms with Crippen LogP contribution in [0.25, 0.3) is 44.0 Å². The Labute approximate surface area is 175 Å². The molecule has 4 aromatic carbocycles. The Balaban J connectivity index is 1.98. The van der Waals surface area contributed by atoms with Gasteiger partial charge in [0.2, 0.25) is 0 Å². The molecular formula is C21H11Br3N2. The Hall–Kier alpha value is -1.69. The first kappa shape index (κ1) is 16.5. The van der Waals surface area contributed by atoms with Crippen LogP contribution in [0.5, 0.6) is 0 Å². The van der Waals surface area contributed by atoms with E-state index in [0.717, 1.165) is 41.2 Å². The minimum Gasteiger partial charge on any atom is -0.337 e. The third-order valence-electron chi connectivity index (χ3n) is 4.61. The zero-order valence-corrected chi connectivity index (χ0v) is 18.1. The number of benzene rings is 4. The summed E-state index contributed by atoms with van der Waals surface area (Å²) in [5.74, 6) is 0.868. The zero-order chi connectivity index (χ0) is 17.8. The van der Waals surface area contributed by atoms with Crippen LogP contribution in [0.3, 0.4) is 0 Å². The highest BCUT2D eigenvalue weighted by atomic mass is 79.9. The monoisotopic (exact) mass is 528 g/mol. The third kappa shape index (κ3) is 2.53. The minimum atomic E-state index is 0.868. The first-order valence-electron chi connectivity index (χ1n) is 8.07. The number of fused-ring (bicyclic) bond motifs is 6. The SMILES string of the molecule is Brc1ccc2c(c1)c1cc(Br)ccc1c1[nH]c(-c3ccccc3Br)nc21. The molecule has 1 heterocycles. The highest BCUT2D eigenvalue weighted by molar-refractivity contribution is 9.11. The van der Waals surface area contributed by atoms with Crippen LogP contribution in [0.15, 0.2) is 74.1 Å². The molecular weight excluding hydrogens is 520 g/mol. The van der Waals surface area contributed by atoms with Gasteiger partial charge in [-0.2, -0.15) is 0 Å². The predicted molar refractivity (Wildman–Crippen MR) is 120 cm³/mol. The molecule has 5 aromatic rings. The van der Waals surface area contributed by atoms with Crippen LogP contribution in [0.1, 0.15) is 0 Å². The molecule has 0 fully saturated rings. The van der Waals surface area contributed by atoms with Crippen molar-refractivity contribution in [1.82, 2.24) is 9.97 Å². The molecule has 0 aliphatic heterocycles. The van der Waals surface area contributed by atoms with Crippen molar-refractivity contribution in [3.8, 4) is 11.4 Å². The second kappa shape index (κ2) is 6.19. The molecule has 5 heteroatoms. The van der Waals surface area contributed by atoms with Crippen molar-refractivity contribution in [2.75, 3.05) is 0 Å². The Morgan fingerprint density at radius 3 is 2.08 bits per heavy atom. The van der Waals surface area contributed by atoms with Gasteiger partial charge in [0.25, 0.3) is 0 Å². The van der Waals surface area contributed by atoms with Crippen LogP contribution in [0, 0.1) is 0 Å². The molecule has 126 valence electrons. The van der Waals surface area contributed by atoms with E-state index in [2.05, 4.69) is 95.2 Å². The lowest BCUT2D eigenvalue weighted by molar-refractivity contribution is 1.33. The molecule has 2 nitrogen and oxygen atoms in total. The average molecular weight is 531 g/mol. The molecule has 1 N–H and O–H groups in total. The van der Waals surface area contributed by atoms with E-state index >= 15 is 0 Å². The summed E-state index contributed by atoms with van der Waals surface area (Å²) >= 11 is 10.9. The number of aromatic amines is 1. The van der Waals surface area contributed by atoms with Crippen molar-refractivity contribution in [2.24, 2.45) is 0 Å². The quantitative estimate of drug-likeness (QED) is 0.220. The van der Waals surface area contributed by atoms with Crippen LogP contribution in [0.2, 0.25) is 0 Å². The van der Waals surface area contributed by atoms with Crippen molar-refractivity contribution >= 4 is 80.4 Å². The second-order valence-corrected chi connectivity index (χ2v) is 8.85. The Morgan fingerprint density at radius 1 is 0.692 bits per heavy atom. The first-order valence-corrected chi connectivity index (χ1v) is 10.4. The van der Waals surface area contributed by atoms with E-state index in [4.69, 9.17) is 4.98 Å². The van der Waals surface area contributed by atoms with Gasteiger partial charge in [-0.05, 0) is 41.1 Å². The maximum absolute atomic E-state index is 4.96. The zero-order valence-electron chi connectivity index (χ0n) is 13.4. The van der Waals surface area contributed by atoms with Gasteiger partial charge in [0.05, 0.1) is 11.0 Å². The van der Waals surface area contributed by atoms with Crippen molar-refractivity contribution in [2.45, 2.75) is 0 Å². The summed E-state index contributed by atoms with van der Waals surface area (Å²) in [6, 6.07) is 20.9. The summed E-state index contributed by atoms with van der Waals surface area (Å²) in [7, 11) is 0. The minimum absolute atomic E-state index is 0.868. The molecule has 0 spiro atoms. The van der Waals surface area contributed by atoms with Gasteiger partial charge in [-0.1, -0.05) is 78.1 Å². The summed E-state index contributed by atoms with van der Waals surface area (Å²) in [5, 5.41) is 4.70.